The molecule has 4 nitrogen and oxygen atoms in total. The lowest BCUT2D eigenvalue weighted by Gasteiger charge is -2.32. The molecule has 0 radical (unpaired) electrons. The molecule has 1 saturated heterocycles. The molecule has 1 aromatic rings. The molecule has 1 aliphatic rings. The third-order valence-corrected chi connectivity index (χ3v) is 2.83. The van der Waals surface area contributed by atoms with Crippen LogP contribution in [0.1, 0.15) is 12.8 Å². The zero-order valence-corrected chi connectivity index (χ0v) is 8.60. The van der Waals surface area contributed by atoms with Crippen molar-refractivity contribution in [3.63, 3.8) is 0 Å². The van der Waals surface area contributed by atoms with Crippen molar-refractivity contribution in [3.8, 4) is 0 Å². The third kappa shape index (κ3) is 2.26. The van der Waals surface area contributed by atoms with Gasteiger partial charge in [0, 0.05) is 19.3 Å². The second kappa shape index (κ2) is 4.29. The minimum absolute atomic E-state index is 0.0149. The summed E-state index contributed by atoms with van der Waals surface area (Å²) in [4.78, 5) is 17.4. The summed E-state index contributed by atoms with van der Waals surface area (Å²) in [5.41, 5.74) is 6.40. The molecular formula is C11H15N3O. The van der Waals surface area contributed by atoms with Gasteiger partial charge in [0.2, 0.25) is 5.91 Å². The molecule has 0 aromatic carbocycles. The van der Waals surface area contributed by atoms with Crippen LogP contribution in [-0.4, -0.2) is 24.0 Å². The maximum absolute atomic E-state index is 11.1. The zero-order chi connectivity index (χ0) is 10.7. The summed E-state index contributed by atoms with van der Waals surface area (Å²) < 4.78 is 0. The van der Waals surface area contributed by atoms with Gasteiger partial charge < -0.3 is 10.6 Å². The summed E-state index contributed by atoms with van der Waals surface area (Å²) in [5.74, 6) is -0.206. The van der Waals surface area contributed by atoms with Crippen molar-refractivity contribution in [2.45, 2.75) is 12.8 Å². The number of anilines is 1. The van der Waals surface area contributed by atoms with Gasteiger partial charge in [-0.25, -0.2) is 0 Å². The maximum atomic E-state index is 11.1. The average Bonchev–Trinajstić information content (AvgIpc) is 2.30. The van der Waals surface area contributed by atoms with Crippen molar-refractivity contribution in [2.24, 2.45) is 11.7 Å². The third-order valence-electron chi connectivity index (χ3n) is 2.83. The number of nitrogens with two attached hydrogens (primary N) is 1. The lowest BCUT2D eigenvalue weighted by atomic mass is 9.97. The fraction of sp³-hybridized carbons (Fsp3) is 0.455. The van der Waals surface area contributed by atoms with Crippen LogP contribution in [-0.2, 0) is 4.79 Å². The van der Waals surface area contributed by atoms with Crippen molar-refractivity contribution in [3.05, 3.63) is 24.5 Å². The van der Waals surface area contributed by atoms with E-state index in [-0.39, 0.29) is 11.8 Å². The Labute approximate surface area is 89.1 Å². The molecule has 2 heterocycles. The Kier molecular flexibility index (Phi) is 2.85. The molecule has 15 heavy (non-hydrogen) atoms. The SMILES string of the molecule is NC(=O)[C@H]1CCCN(c2cccnc2)C1. The number of primary amides is 1. The predicted octanol–water partition coefficient (Wildman–Crippen LogP) is 0.783. The highest BCUT2D eigenvalue weighted by atomic mass is 16.1. The Morgan fingerprint density at radius 2 is 2.47 bits per heavy atom. The largest absolute Gasteiger partial charge is 0.369 e. The monoisotopic (exact) mass is 205 g/mol. The van der Waals surface area contributed by atoms with Crippen LogP contribution >= 0.6 is 0 Å². The molecular weight excluding hydrogens is 190 g/mol. The van der Waals surface area contributed by atoms with Crippen LogP contribution in [0.15, 0.2) is 24.5 Å². The molecule has 0 unspecified atom stereocenters. The van der Waals surface area contributed by atoms with E-state index in [9.17, 15) is 4.79 Å². The van der Waals surface area contributed by atoms with Crippen LogP contribution in [0.2, 0.25) is 0 Å². The molecule has 2 N–H and O–H groups in total. The zero-order valence-electron chi connectivity index (χ0n) is 8.60. The smallest absolute Gasteiger partial charge is 0.222 e. The Hall–Kier alpha value is -1.58. The second-order valence-electron chi connectivity index (χ2n) is 3.90. The topological polar surface area (TPSA) is 59.2 Å². The number of hydrogen-bond acceptors (Lipinski definition) is 3. The first-order valence-electron chi connectivity index (χ1n) is 5.21. The molecule has 1 amide bonds. The normalized spacial score (nSPS) is 21.3. The molecule has 1 aromatic heterocycles. The van der Waals surface area contributed by atoms with Gasteiger partial charge in [-0.15, -0.1) is 0 Å². The minimum Gasteiger partial charge on any atom is -0.369 e. The van der Waals surface area contributed by atoms with Crippen molar-refractivity contribution >= 4 is 11.6 Å². The molecule has 0 saturated carbocycles. The lowest BCUT2D eigenvalue weighted by Crippen LogP contribution is -2.41. The van der Waals surface area contributed by atoms with E-state index in [2.05, 4.69) is 9.88 Å². The summed E-state index contributed by atoms with van der Waals surface area (Å²) in [7, 11) is 0. The Morgan fingerprint density at radius 1 is 1.60 bits per heavy atom. The van der Waals surface area contributed by atoms with Crippen LogP contribution in [0.25, 0.3) is 0 Å². The molecule has 2 rings (SSSR count). The van der Waals surface area contributed by atoms with Crippen LogP contribution in [0, 0.1) is 5.92 Å². The summed E-state index contributed by atoms with van der Waals surface area (Å²) in [6.45, 7) is 1.70. The van der Waals surface area contributed by atoms with Crippen LogP contribution in [0.5, 0.6) is 0 Å². The lowest BCUT2D eigenvalue weighted by molar-refractivity contribution is -0.122. The van der Waals surface area contributed by atoms with Gasteiger partial charge in [0.15, 0.2) is 0 Å². The Morgan fingerprint density at radius 3 is 3.13 bits per heavy atom. The van der Waals surface area contributed by atoms with Gasteiger partial charge in [-0.1, -0.05) is 0 Å². The van der Waals surface area contributed by atoms with E-state index in [4.69, 9.17) is 5.73 Å². The standard InChI is InChI=1S/C11H15N3O/c12-11(15)9-3-2-6-14(8-9)10-4-1-5-13-7-10/h1,4-5,7,9H,2-3,6,8H2,(H2,12,15)/t9-/m0/s1. The van der Waals surface area contributed by atoms with Crippen LogP contribution < -0.4 is 10.6 Å². The average molecular weight is 205 g/mol. The first kappa shape index (κ1) is 9.96. The van der Waals surface area contributed by atoms with Gasteiger partial charge in [0.05, 0.1) is 17.8 Å². The van der Waals surface area contributed by atoms with Crippen molar-refractivity contribution in [1.29, 1.82) is 0 Å². The quantitative estimate of drug-likeness (QED) is 0.776. The van der Waals surface area contributed by atoms with Gasteiger partial charge in [-0.2, -0.15) is 0 Å². The van der Waals surface area contributed by atoms with Gasteiger partial charge in [0.25, 0.3) is 0 Å². The number of amides is 1. The van der Waals surface area contributed by atoms with Crippen LogP contribution in [0.3, 0.4) is 0 Å². The second-order valence-corrected chi connectivity index (χ2v) is 3.90. The van der Waals surface area contributed by atoms with E-state index >= 15 is 0 Å². The number of piperidine rings is 1. The fourth-order valence-corrected chi connectivity index (χ4v) is 1.98. The van der Waals surface area contributed by atoms with E-state index in [1.165, 1.54) is 0 Å². The number of carbonyl (C=O) groups is 1. The van der Waals surface area contributed by atoms with E-state index in [0.717, 1.165) is 31.6 Å². The number of nitrogens with zero attached hydrogens (tertiary/aromatic N) is 2. The summed E-state index contributed by atoms with van der Waals surface area (Å²) in [6.07, 6.45) is 5.50. The molecule has 0 bridgehead atoms. The first-order valence-corrected chi connectivity index (χ1v) is 5.21. The number of hydrogen-bond donors (Lipinski definition) is 1. The highest BCUT2D eigenvalue weighted by Gasteiger charge is 2.23. The molecule has 1 atom stereocenters. The van der Waals surface area contributed by atoms with Gasteiger partial charge in [-0.05, 0) is 25.0 Å². The summed E-state index contributed by atoms with van der Waals surface area (Å²) >= 11 is 0. The highest BCUT2D eigenvalue weighted by Crippen LogP contribution is 2.21. The Balaban J connectivity index is 2.08. The predicted molar refractivity (Wildman–Crippen MR) is 58.4 cm³/mol. The molecule has 1 aliphatic heterocycles. The minimum atomic E-state index is -0.191. The number of carbonyl (C=O) groups excluding carboxylic acids is 1. The highest BCUT2D eigenvalue weighted by molar-refractivity contribution is 5.77. The van der Waals surface area contributed by atoms with E-state index in [1.807, 2.05) is 18.3 Å². The Bertz CT molecular complexity index is 339. The van der Waals surface area contributed by atoms with E-state index < -0.39 is 0 Å². The number of rotatable bonds is 2. The van der Waals surface area contributed by atoms with Crippen molar-refractivity contribution < 1.29 is 4.79 Å². The molecule has 0 aliphatic carbocycles. The number of aromatic nitrogens is 1. The van der Waals surface area contributed by atoms with Gasteiger partial charge in [-0.3, -0.25) is 9.78 Å². The van der Waals surface area contributed by atoms with Crippen molar-refractivity contribution in [1.82, 2.24) is 4.98 Å². The van der Waals surface area contributed by atoms with E-state index in [0.29, 0.717) is 0 Å². The molecule has 80 valence electrons. The van der Waals surface area contributed by atoms with Gasteiger partial charge in [0.1, 0.15) is 0 Å². The first-order chi connectivity index (χ1) is 7.27. The fourth-order valence-electron chi connectivity index (χ4n) is 1.98. The molecule has 0 spiro atoms. The molecule has 4 heteroatoms. The summed E-state index contributed by atoms with van der Waals surface area (Å²) in [6, 6.07) is 3.92. The summed E-state index contributed by atoms with van der Waals surface area (Å²) in [5, 5.41) is 0. The van der Waals surface area contributed by atoms with Crippen LogP contribution in [0.4, 0.5) is 5.69 Å². The van der Waals surface area contributed by atoms with Crippen molar-refractivity contribution in [2.75, 3.05) is 18.0 Å². The van der Waals surface area contributed by atoms with Gasteiger partial charge >= 0.3 is 0 Å². The number of pyridine rings is 1. The van der Waals surface area contributed by atoms with E-state index in [1.54, 1.807) is 6.20 Å². The maximum Gasteiger partial charge on any atom is 0.222 e. The molecule has 1 fully saturated rings.